The largest absolute Gasteiger partial charge is 0.394 e. The summed E-state index contributed by atoms with van der Waals surface area (Å²) in [5, 5.41) is 315. The number of aliphatic hydroxyl groups is 27. The van der Waals surface area contributed by atoms with Crippen LogP contribution in [0.15, 0.2) is 0 Å². The smallest absolute Gasteiger partial charge is 0.217 e. The Bertz CT molecular complexity index is 3370. The van der Waals surface area contributed by atoms with Gasteiger partial charge in [0.05, 0.1) is 78.2 Å². The van der Waals surface area contributed by atoms with Gasteiger partial charge >= 0.3 is 0 Å². The molecule has 9 saturated heterocycles. The van der Waals surface area contributed by atoms with Crippen molar-refractivity contribution in [3.05, 3.63) is 0 Å². The van der Waals surface area contributed by atoms with Crippen LogP contribution in [0.5, 0.6) is 0 Å². The van der Waals surface area contributed by atoms with E-state index in [1.54, 1.807) is 0 Å². The maximum atomic E-state index is 13.3. The molecule has 9 aliphatic heterocycles. The van der Waals surface area contributed by atoms with E-state index in [0.717, 1.165) is 34.6 Å². The monoisotopic (exact) mass is 1830 g/mol. The molecule has 125 heavy (non-hydrogen) atoms. The van der Waals surface area contributed by atoms with E-state index in [0.29, 0.717) is 0 Å². The fourth-order valence-electron chi connectivity index (χ4n) is 15.8. The third-order valence-electron chi connectivity index (χ3n) is 22.5. The number of carbonyl (C=O) groups is 5. The number of amides is 5. The van der Waals surface area contributed by atoms with Crippen LogP contribution in [-0.4, -0.2) is 534 Å². The quantitative estimate of drug-likeness (QED) is 0.0277. The van der Waals surface area contributed by atoms with Crippen molar-refractivity contribution in [1.82, 2.24) is 26.6 Å². The van der Waals surface area contributed by atoms with Gasteiger partial charge in [-0.25, -0.2) is 0 Å². The molecule has 0 unspecified atom stereocenters. The molecule has 0 aromatic rings. The molecule has 49 atom stereocenters. The topological polar surface area (TPSA) is 858 Å². The van der Waals surface area contributed by atoms with Gasteiger partial charge in [-0.2, -0.15) is 0 Å². The maximum absolute atomic E-state index is 13.3. The van der Waals surface area contributed by atoms with Crippen molar-refractivity contribution in [2.24, 2.45) is 0 Å². The Morgan fingerprint density at radius 3 is 1.14 bits per heavy atom. The van der Waals surface area contributed by atoms with Crippen molar-refractivity contribution < 1.29 is 247 Å². The summed E-state index contributed by atoms with van der Waals surface area (Å²) < 4.78 is 108. The average Bonchev–Trinajstić information content (AvgIpc) is 0.760. The van der Waals surface area contributed by atoms with E-state index >= 15 is 0 Å². The normalized spacial score (nSPS) is 46.1. The fourth-order valence-corrected chi connectivity index (χ4v) is 15.8. The highest BCUT2D eigenvalue weighted by Crippen LogP contribution is 2.41. The average molecular weight is 1830 g/mol. The fraction of sp³-hybridized carbons (Fsp3) is 0.929. The molecule has 55 nitrogen and oxygen atoms in total. The summed E-state index contributed by atoms with van der Waals surface area (Å²) in [4.78, 5) is 64.4. The molecule has 0 radical (unpaired) electrons. The van der Waals surface area contributed by atoms with Crippen LogP contribution in [0.25, 0.3) is 0 Å². The van der Waals surface area contributed by atoms with Crippen molar-refractivity contribution in [3.8, 4) is 0 Å². The Balaban J connectivity index is 1.12. The molecule has 0 aromatic carbocycles. The van der Waals surface area contributed by atoms with Gasteiger partial charge in [0, 0.05) is 34.6 Å². The predicted molar refractivity (Wildman–Crippen MR) is 388 cm³/mol. The van der Waals surface area contributed by atoms with Gasteiger partial charge in [-0.05, 0) is 6.92 Å². The van der Waals surface area contributed by atoms with Gasteiger partial charge in [0.2, 0.25) is 29.5 Å². The van der Waals surface area contributed by atoms with Crippen LogP contribution in [-0.2, 0) is 109 Å². The Kier molecular flexibility index (Phi) is 38.6. The second-order valence-corrected chi connectivity index (χ2v) is 31.5. The van der Waals surface area contributed by atoms with Crippen LogP contribution in [0, 0.1) is 0 Å². The predicted octanol–water partition coefficient (Wildman–Crippen LogP) is -21.4. The number of ether oxygens (including phenoxy) is 18. The van der Waals surface area contributed by atoms with Crippen LogP contribution in [0.3, 0.4) is 0 Å². The number of rotatable bonds is 36. The van der Waals surface area contributed by atoms with E-state index < -0.39 is 396 Å². The standard InChI is InChI=1S/C70H119N5O50/c1-17-37(90)48(101)51(104)66(110-17)108-15-24(89)55(38(91)23(7-76)71-18(2)84)119-64-35(74-21(5)87)47(100)56(30(13-82)116-64)121-68-54(107)59(44(97)32(118-68)16-109-69-60(50(103)42(95)28(11-80)115-69)124-62-33(72-19(3)85)45(98)39(92)25(8-77)111-62)123-70-61(125-63-34(73-20(4)86)46(99)40(93)26(9-78)112-63)53(106)57(31(14-83)117-70)120-65-36(75-22(6)88)58(43(96)29(12-81)113-65)122-67-52(105)49(102)41(94)27(10-79)114-67/h17,23-70,76-83,89-107H,7-16H2,1-6H3,(H,71,84)(H,72,85)(H,73,86)(H,74,87)(H,75,88)/t17-,23-,24+,25+,26+,27+,28+,29+,30+,31+,32+,33+,34+,35+,36+,37+,38+,39+,40+,41-,42+,43+,44+,45+,46+,47+,48+,49-,50-,51-,52+,53-,54-,55+,56+,57+,58+,59-,60-,61-,62-,63-,64-,65-,66+,67-,68-,69-,70+/m0/s1. The second-order valence-electron chi connectivity index (χ2n) is 31.5. The molecule has 9 aliphatic rings. The summed E-state index contributed by atoms with van der Waals surface area (Å²) in [6, 6.07) is -9.61. The van der Waals surface area contributed by atoms with Gasteiger partial charge in [0.1, 0.15) is 232 Å². The SMILES string of the molecule is CC(=O)N[C@H]1[C@H](O[C@@H]([C@H](O)[C@H](CO)NC(C)=O)[C@H](O)CO[C@@H]2O[C@@H](C)[C@@H](O)[C@@H](O)[C@@H]2O)O[C@H](CO)[C@@H](O[C@@H]2O[C@H](CO[C@H]3O[C@H](CO)[C@@H](O)[C@H](O)[C@@H]3O[C@@H]3O[C@H](CO)[C@@H](O)[C@H](O)[C@H]3NC(C)=O)[C@@H](O)[C@H](O[C@H]3O[C@H](CO)[C@@H](O[C@@H]4O[C@H](CO)[C@@H](O)[C@H](O[C@@H]5O[C@H](CO)[C@H](O)[C@H](O)[C@H]5O)[C@H]4NC(C)=O)[C@H](O)[C@@H]3O[C@@H]3O[C@H](CO)[C@@H](O)[C@H](O)[C@H]3NC(C)=O)[C@@H]2O)[C@@H]1O. The third-order valence-corrected chi connectivity index (χ3v) is 22.5. The first-order valence-corrected chi connectivity index (χ1v) is 39.9. The lowest BCUT2D eigenvalue weighted by Gasteiger charge is -2.52. The first kappa shape index (κ1) is 104. The highest BCUT2D eigenvalue weighted by molar-refractivity contribution is 5.75. The van der Waals surface area contributed by atoms with Crippen molar-refractivity contribution >= 4 is 29.5 Å². The van der Waals surface area contributed by atoms with Gasteiger partial charge in [-0.3, -0.25) is 24.0 Å². The van der Waals surface area contributed by atoms with E-state index in [2.05, 4.69) is 26.6 Å². The highest BCUT2D eigenvalue weighted by atomic mass is 16.8. The van der Waals surface area contributed by atoms with Crippen molar-refractivity contribution in [3.63, 3.8) is 0 Å². The molecular weight excluding hydrogens is 1710 g/mol. The molecule has 32 N–H and O–H groups in total. The molecule has 724 valence electrons. The minimum atomic E-state index is -2.71. The molecule has 0 aromatic heterocycles. The van der Waals surface area contributed by atoms with Crippen LogP contribution in [0.4, 0.5) is 0 Å². The minimum Gasteiger partial charge on any atom is -0.394 e. The zero-order chi connectivity index (χ0) is 92.5. The summed E-state index contributed by atoms with van der Waals surface area (Å²) in [6.07, 6.45) is -94.3. The number of aliphatic hydroxyl groups excluding tert-OH is 27. The highest BCUT2D eigenvalue weighted by Gasteiger charge is 2.62. The molecular formula is C70H119N5O50. The van der Waals surface area contributed by atoms with E-state index in [9.17, 15) is 162 Å². The molecule has 9 heterocycles. The van der Waals surface area contributed by atoms with Crippen molar-refractivity contribution in [2.75, 3.05) is 66.1 Å². The number of hydrogen-bond acceptors (Lipinski definition) is 50. The summed E-state index contributed by atoms with van der Waals surface area (Å²) in [5.41, 5.74) is 0. The third kappa shape index (κ3) is 24.1. The zero-order valence-electron chi connectivity index (χ0n) is 67.8. The van der Waals surface area contributed by atoms with E-state index in [4.69, 9.17) is 85.3 Å². The van der Waals surface area contributed by atoms with Crippen molar-refractivity contribution in [2.45, 2.75) is 342 Å². The number of hydrogen-bond donors (Lipinski definition) is 32. The van der Waals surface area contributed by atoms with Gasteiger partial charge in [0.15, 0.2) is 56.6 Å². The lowest BCUT2D eigenvalue weighted by Crippen LogP contribution is -2.71. The summed E-state index contributed by atoms with van der Waals surface area (Å²) in [6.45, 7) is -5.66. The molecule has 9 rings (SSSR count). The van der Waals surface area contributed by atoms with E-state index in [-0.39, 0.29) is 0 Å². The lowest BCUT2D eigenvalue weighted by molar-refractivity contribution is -0.404. The second kappa shape index (κ2) is 46.3. The molecule has 5 amide bonds. The van der Waals surface area contributed by atoms with Gasteiger partial charge in [-0.15, -0.1) is 0 Å². The Labute approximate surface area is 709 Å². The Morgan fingerprint density at radius 1 is 0.296 bits per heavy atom. The Morgan fingerprint density at radius 2 is 0.648 bits per heavy atom. The van der Waals surface area contributed by atoms with Crippen LogP contribution in [0.1, 0.15) is 41.5 Å². The Hall–Kier alpha value is -4.45. The zero-order valence-corrected chi connectivity index (χ0v) is 67.8. The van der Waals surface area contributed by atoms with Gasteiger partial charge in [-0.1, -0.05) is 0 Å². The molecule has 0 bridgehead atoms. The molecule has 0 aliphatic carbocycles. The maximum Gasteiger partial charge on any atom is 0.217 e. The first-order valence-electron chi connectivity index (χ1n) is 39.9. The summed E-state index contributed by atoms with van der Waals surface area (Å²) in [5.74, 6) is -4.76. The van der Waals surface area contributed by atoms with Crippen molar-refractivity contribution in [1.29, 1.82) is 0 Å². The summed E-state index contributed by atoms with van der Waals surface area (Å²) in [7, 11) is 0. The molecule has 0 saturated carbocycles. The van der Waals surface area contributed by atoms with Gasteiger partial charge in [0.25, 0.3) is 0 Å². The molecule has 55 heteroatoms. The van der Waals surface area contributed by atoms with E-state index in [1.807, 2.05) is 0 Å². The number of carbonyl (C=O) groups excluding carboxylic acids is 5. The number of nitrogens with one attached hydrogen (secondary N) is 5. The van der Waals surface area contributed by atoms with Crippen LogP contribution >= 0.6 is 0 Å². The molecule has 0 spiro atoms. The minimum absolute atomic E-state index is 0.878. The summed E-state index contributed by atoms with van der Waals surface area (Å²) >= 11 is 0. The lowest BCUT2D eigenvalue weighted by atomic mass is 9.93. The van der Waals surface area contributed by atoms with Gasteiger partial charge < -0.3 is 250 Å². The van der Waals surface area contributed by atoms with E-state index in [1.165, 1.54) is 6.92 Å². The molecule has 9 fully saturated rings. The van der Waals surface area contributed by atoms with Crippen LogP contribution in [0.2, 0.25) is 0 Å². The van der Waals surface area contributed by atoms with Crippen LogP contribution < -0.4 is 26.6 Å². The first-order chi connectivity index (χ1) is 59.0.